The molecule has 1 fully saturated rings. The van der Waals surface area contributed by atoms with Crippen LogP contribution >= 0.6 is 23.1 Å². The number of nitrogens with zero attached hydrogens (tertiary/aromatic N) is 1. The number of carboxylic acids is 1. The number of hydrogen-bond acceptors (Lipinski definition) is 6. The molecular weight excluding hydrogens is 272 g/mol. The fourth-order valence-corrected chi connectivity index (χ4v) is 3.85. The summed E-state index contributed by atoms with van der Waals surface area (Å²) in [7, 11) is 0. The average molecular weight is 286 g/mol. The second-order valence-electron chi connectivity index (χ2n) is 4.07. The van der Waals surface area contributed by atoms with Crippen LogP contribution < -0.4 is 5.32 Å². The van der Waals surface area contributed by atoms with Crippen LogP contribution in [-0.2, 0) is 0 Å². The van der Waals surface area contributed by atoms with Crippen molar-refractivity contribution in [3.63, 3.8) is 0 Å². The largest absolute Gasteiger partial charge is 0.476 e. The Hall–Kier alpha value is -1.08. The molecule has 0 spiro atoms. The maximum Gasteiger partial charge on any atom is 0.356 e. The summed E-state index contributed by atoms with van der Waals surface area (Å²) in [5.74, 6) is -0.226. The number of hydrogen-bond donors (Lipinski definition) is 2. The highest BCUT2D eigenvalue weighted by atomic mass is 32.2. The minimum Gasteiger partial charge on any atom is -0.476 e. The summed E-state index contributed by atoms with van der Waals surface area (Å²) < 4.78 is 0. The molecule has 0 aliphatic carbocycles. The molecule has 98 valence electrons. The summed E-state index contributed by atoms with van der Waals surface area (Å²) >= 11 is 3.03. The molecule has 1 saturated heterocycles. The first kappa shape index (κ1) is 13.4. The summed E-state index contributed by atoms with van der Waals surface area (Å²) in [5, 5.41) is 13.2. The van der Waals surface area contributed by atoms with E-state index < -0.39 is 5.97 Å². The Kier molecular flexibility index (Phi) is 4.23. The van der Waals surface area contributed by atoms with E-state index in [4.69, 9.17) is 5.11 Å². The molecule has 2 N–H and O–H groups in total. The number of carbonyl (C=O) groups excluding carboxylic acids is 1. The van der Waals surface area contributed by atoms with Gasteiger partial charge in [0.05, 0.1) is 0 Å². The predicted octanol–water partition coefficient (Wildman–Crippen LogP) is 2.35. The second kappa shape index (κ2) is 5.71. The zero-order valence-electron chi connectivity index (χ0n) is 9.93. The maximum absolute atomic E-state index is 11.3. The Morgan fingerprint density at radius 1 is 1.56 bits per heavy atom. The topological polar surface area (TPSA) is 79.3 Å². The normalized spacial score (nSPS) is 18.8. The molecule has 1 aromatic heterocycles. The van der Waals surface area contributed by atoms with Gasteiger partial charge in [0.2, 0.25) is 0 Å². The monoisotopic (exact) mass is 286 g/mol. The van der Waals surface area contributed by atoms with E-state index in [1.165, 1.54) is 25.5 Å². The zero-order valence-corrected chi connectivity index (χ0v) is 11.6. The second-order valence-corrected chi connectivity index (χ2v) is 6.48. The van der Waals surface area contributed by atoms with E-state index >= 15 is 0 Å². The van der Waals surface area contributed by atoms with Gasteiger partial charge in [-0.3, -0.25) is 4.79 Å². The van der Waals surface area contributed by atoms with E-state index in [1.807, 2.05) is 11.8 Å². The van der Waals surface area contributed by atoms with E-state index in [2.05, 4.69) is 10.3 Å². The lowest BCUT2D eigenvalue weighted by atomic mass is 10.2. The fourth-order valence-electron chi connectivity index (χ4n) is 1.79. The predicted molar refractivity (Wildman–Crippen MR) is 73.0 cm³/mol. The number of thiazole rings is 1. The summed E-state index contributed by atoms with van der Waals surface area (Å²) in [4.78, 5) is 26.5. The molecule has 1 aliphatic heterocycles. The molecule has 0 amide bonds. The zero-order chi connectivity index (χ0) is 13.1. The van der Waals surface area contributed by atoms with Crippen molar-refractivity contribution in [2.24, 2.45) is 0 Å². The van der Waals surface area contributed by atoms with Gasteiger partial charge in [0.25, 0.3) is 0 Å². The number of Topliss-reactive ketones (excluding diaryl/α,β-unsaturated/α-hetero) is 1. The molecule has 0 saturated carbocycles. The molecule has 1 aromatic rings. The summed E-state index contributed by atoms with van der Waals surface area (Å²) in [6, 6.07) is 0. The van der Waals surface area contributed by atoms with Gasteiger partial charge in [-0.2, -0.15) is 11.8 Å². The Balaban J connectivity index is 2.06. The lowest BCUT2D eigenvalue weighted by Gasteiger charge is -2.08. The molecule has 0 radical (unpaired) electrons. The molecule has 0 bridgehead atoms. The van der Waals surface area contributed by atoms with E-state index in [9.17, 15) is 9.59 Å². The average Bonchev–Trinajstić information content (AvgIpc) is 2.95. The Bertz CT molecular complexity index is 435. The molecule has 7 heteroatoms. The van der Waals surface area contributed by atoms with Crippen LogP contribution in [-0.4, -0.2) is 39.4 Å². The number of aromatic nitrogens is 1. The highest BCUT2D eigenvalue weighted by Gasteiger charge is 2.21. The van der Waals surface area contributed by atoms with E-state index in [0.29, 0.717) is 10.4 Å². The Morgan fingerprint density at radius 3 is 2.83 bits per heavy atom. The van der Waals surface area contributed by atoms with Gasteiger partial charge in [-0.25, -0.2) is 9.78 Å². The Labute approximate surface area is 113 Å². The molecule has 1 atom stereocenters. The van der Waals surface area contributed by atoms with Crippen LogP contribution in [0.2, 0.25) is 0 Å². The highest BCUT2D eigenvalue weighted by molar-refractivity contribution is 8.00. The number of rotatable bonds is 5. The maximum atomic E-state index is 11.3. The minimum atomic E-state index is -1.15. The van der Waals surface area contributed by atoms with Crippen molar-refractivity contribution >= 4 is 40.0 Å². The highest BCUT2D eigenvalue weighted by Crippen LogP contribution is 2.28. The Morgan fingerprint density at radius 2 is 2.33 bits per heavy atom. The quantitative estimate of drug-likeness (QED) is 0.809. The number of carboxylic acid groups (broad SMARTS) is 1. The lowest BCUT2D eigenvalue weighted by Crippen LogP contribution is -2.13. The van der Waals surface area contributed by atoms with Crippen LogP contribution in [0, 0.1) is 0 Å². The van der Waals surface area contributed by atoms with Crippen LogP contribution in [0.15, 0.2) is 0 Å². The molecule has 2 rings (SSSR count). The third-order valence-electron chi connectivity index (χ3n) is 2.65. The number of carbonyl (C=O) groups is 2. The number of thioether (sulfide) groups is 1. The van der Waals surface area contributed by atoms with Crippen molar-refractivity contribution in [1.29, 1.82) is 0 Å². The van der Waals surface area contributed by atoms with Crippen LogP contribution in [0.4, 0.5) is 5.13 Å². The molecule has 2 heterocycles. The first-order valence-electron chi connectivity index (χ1n) is 5.68. The third kappa shape index (κ3) is 3.02. The fraction of sp³-hybridized carbons (Fsp3) is 0.545. The SMILES string of the molecule is CC(=O)c1sc(NCC2CCCS2)nc1C(=O)O. The van der Waals surface area contributed by atoms with Crippen LogP contribution in [0.3, 0.4) is 0 Å². The molecule has 1 unspecified atom stereocenters. The smallest absolute Gasteiger partial charge is 0.356 e. The van der Waals surface area contributed by atoms with Gasteiger partial charge in [0.1, 0.15) is 4.88 Å². The van der Waals surface area contributed by atoms with Crippen molar-refractivity contribution in [3.8, 4) is 0 Å². The third-order valence-corrected chi connectivity index (χ3v) is 5.17. The first-order chi connectivity index (χ1) is 8.58. The van der Waals surface area contributed by atoms with Crippen molar-refractivity contribution in [2.45, 2.75) is 25.0 Å². The van der Waals surface area contributed by atoms with Crippen molar-refractivity contribution < 1.29 is 14.7 Å². The van der Waals surface area contributed by atoms with Crippen LogP contribution in [0.25, 0.3) is 0 Å². The van der Waals surface area contributed by atoms with Gasteiger partial charge in [-0.15, -0.1) is 0 Å². The molecule has 0 aromatic carbocycles. The first-order valence-corrected chi connectivity index (χ1v) is 7.55. The van der Waals surface area contributed by atoms with Crippen LogP contribution in [0.1, 0.15) is 39.9 Å². The van der Waals surface area contributed by atoms with E-state index in [0.717, 1.165) is 17.9 Å². The molecule has 1 aliphatic rings. The van der Waals surface area contributed by atoms with Crippen molar-refractivity contribution in [2.75, 3.05) is 17.6 Å². The summed E-state index contributed by atoms with van der Waals surface area (Å²) in [6.45, 7) is 2.13. The van der Waals surface area contributed by atoms with Gasteiger partial charge in [-0.1, -0.05) is 11.3 Å². The number of anilines is 1. The molecular formula is C11H14N2O3S2. The summed E-state index contributed by atoms with van der Waals surface area (Å²) in [6.07, 6.45) is 2.41. The van der Waals surface area contributed by atoms with Crippen LogP contribution in [0.5, 0.6) is 0 Å². The van der Waals surface area contributed by atoms with E-state index in [-0.39, 0.29) is 16.4 Å². The van der Waals surface area contributed by atoms with Gasteiger partial charge in [-0.05, 0) is 18.6 Å². The lowest BCUT2D eigenvalue weighted by molar-refractivity contribution is 0.0687. The summed E-state index contributed by atoms with van der Waals surface area (Å²) in [5.41, 5.74) is -0.144. The molecule has 5 nitrogen and oxygen atoms in total. The van der Waals surface area contributed by atoms with Crippen molar-refractivity contribution in [3.05, 3.63) is 10.6 Å². The van der Waals surface area contributed by atoms with Gasteiger partial charge >= 0.3 is 5.97 Å². The number of aromatic carboxylic acids is 1. The van der Waals surface area contributed by atoms with Gasteiger partial charge in [0, 0.05) is 18.7 Å². The van der Waals surface area contributed by atoms with Gasteiger partial charge in [0.15, 0.2) is 16.6 Å². The standard InChI is InChI=1S/C11H14N2O3S2/c1-6(14)9-8(10(15)16)13-11(18-9)12-5-7-3-2-4-17-7/h7H,2-5H2,1H3,(H,12,13)(H,15,16). The molecule has 18 heavy (non-hydrogen) atoms. The number of nitrogens with one attached hydrogen (secondary N) is 1. The minimum absolute atomic E-state index is 0.144. The number of ketones is 1. The van der Waals surface area contributed by atoms with Crippen molar-refractivity contribution in [1.82, 2.24) is 4.98 Å². The van der Waals surface area contributed by atoms with Gasteiger partial charge < -0.3 is 10.4 Å². The van der Waals surface area contributed by atoms with E-state index in [1.54, 1.807) is 0 Å².